The molecule has 1 aliphatic rings. The number of para-hydroxylation sites is 1. The Labute approximate surface area is 162 Å². The van der Waals surface area contributed by atoms with Gasteiger partial charge in [-0.05, 0) is 24.3 Å². The van der Waals surface area contributed by atoms with E-state index in [2.05, 4.69) is 30.3 Å². The Morgan fingerprint density at radius 1 is 1.00 bits per heavy atom. The van der Waals surface area contributed by atoms with Crippen LogP contribution in [0.2, 0.25) is 0 Å². The van der Waals surface area contributed by atoms with Gasteiger partial charge < -0.3 is 19.9 Å². The van der Waals surface area contributed by atoms with E-state index in [1.807, 2.05) is 36.4 Å². The molecule has 0 unspecified atom stereocenters. The number of ether oxygens (including phenoxy) is 1. The van der Waals surface area contributed by atoms with E-state index < -0.39 is 0 Å². The number of rotatable bonds is 5. The molecule has 0 spiro atoms. The molecule has 2 aromatic carbocycles. The fourth-order valence-corrected chi connectivity index (χ4v) is 3.21. The lowest BCUT2D eigenvalue weighted by Gasteiger charge is -2.36. The third-order valence-electron chi connectivity index (χ3n) is 4.67. The predicted octanol–water partition coefficient (Wildman–Crippen LogP) is 3.09. The molecule has 2 heterocycles. The molecule has 144 valence electrons. The van der Waals surface area contributed by atoms with Gasteiger partial charge in [0, 0.05) is 37.9 Å². The van der Waals surface area contributed by atoms with Crippen LogP contribution in [0.3, 0.4) is 0 Å². The minimum absolute atomic E-state index is 0.190. The maximum atomic E-state index is 14.0. The van der Waals surface area contributed by atoms with Gasteiger partial charge in [0.05, 0.1) is 19.0 Å². The maximum Gasteiger partial charge on any atom is 0.249 e. The smallest absolute Gasteiger partial charge is 0.249 e. The molecule has 0 saturated carbocycles. The molecule has 28 heavy (non-hydrogen) atoms. The minimum Gasteiger partial charge on any atom is -0.497 e. The second-order valence-corrected chi connectivity index (χ2v) is 6.42. The highest BCUT2D eigenvalue weighted by Gasteiger charge is 2.20. The Hall–Kier alpha value is -3.42. The molecule has 0 amide bonds. The molecule has 4 rings (SSSR count). The Balaban J connectivity index is 1.43. The van der Waals surface area contributed by atoms with Gasteiger partial charge in [0.1, 0.15) is 11.6 Å². The molecule has 7 nitrogen and oxygen atoms in total. The van der Waals surface area contributed by atoms with Crippen molar-refractivity contribution < 1.29 is 9.13 Å². The van der Waals surface area contributed by atoms with Gasteiger partial charge >= 0.3 is 0 Å². The maximum absolute atomic E-state index is 14.0. The van der Waals surface area contributed by atoms with Crippen LogP contribution in [-0.2, 0) is 0 Å². The predicted molar refractivity (Wildman–Crippen MR) is 107 cm³/mol. The van der Waals surface area contributed by atoms with Crippen LogP contribution in [0.15, 0.2) is 54.7 Å². The summed E-state index contributed by atoms with van der Waals surface area (Å²) in [6.45, 7) is 2.88. The number of hydrogen-bond acceptors (Lipinski definition) is 7. The molecule has 3 aromatic rings. The van der Waals surface area contributed by atoms with Crippen molar-refractivity contribution in [3.8, 4) is 5.75 Å². The summed E-state index contributed by atoms with van der Waals surface area (Å²) in [7, 11) is 1.62. The zero-order chi connectivity index (χ0) is 19.3. The van der Waals surface area contributed by atoms with Crippen LogP contribution in [0.4, 0.5) is 27.5 Å². The monoisotopic (exact) mass is 380 g/mol. The number of aromatic nitrogens is 3. The first kappa shape index (κ1) is 18.0. The fraction of sp³-hybridized carbons (Fsp3) is 0.250. The van der Waals surface area contributed by atoms with E-state index in [-0.39, 0.29) is 5.82 Å². The SMILES string of the molecule is COc1cccc(Nc2nncc(N3CCN(c4ccccc4F)CC3)n2)c1. The second kappa shape index (κ2) is 8.08. The zero-order valence-corrected chi connectivity index (χ0v) is 15.5. The molecule has 1 fully saturated rings. The molecule has 1 aliphatic heterocycles. The summed E-state index contributed by atoms with van der Waals surface area (Å²) in [6.07, 6.45) is 1.65. The number of nitrogens with one attached hydrogen (secondary N) is 1. The highest BCUT2D eigenvalue weighted by atomic mass is 19.1. The second-order valence-electron chi connectivity index (χ2n) is 6.42. The van der Waals surface area contributed by atoms with Crippen LogP contribution in [-0.4, -0.2) is 48.5 Å². The molecular formula is C20H21FN6O. The van der Waals surface area contributed by atoms with E-state index in [4.69, 9.17) is 4.74 Å². The molecule has 1 saturated heterocycles. The van der Waals surface area contributed by atoms with E-state index in [0.29, 0.717) is 24.7 Å². The first-order valence-electron chi connectivity index (χ1n) is 9.08. The fourth-order valence-electron chi connectivity index (χ4n) is 3.21. The van der Waals surface area contributed by atoms with Gasteiger partial charge in [-0.15, -0.1) is 5.10 Å². The van der Waals surface area contributed by atoms with Crippen molar-refractivity contribution in [3.05, 3.63) is 60.5 Å². The molecule has 0 radical (unpaired) electrons. The lowest BCUT2D eigenvalue weighted by molar-refractivity contribution is 0.415. The Morgan fingerprint density at radius 2 is 1.79 bits per heavy atom. The van der Waals surface area contributed by atoms with Crippen molar-refractivity contribution in [2.45, 2.75) is 0 Å². The van der Waals surface area contributed by atoms with E-state index >= 15 is 0 Å². The van der Waals surface area contributed by atoms with Crippen LogP contribution in [0, 0.1) is 5.82 Å². The van der Waals surface area contributed by atoms with Crippen molar-refractivity contribution >= 4 is 23.1 Å². The van der Waals surface area contributed by atoms with Crippen molar-refractivity contribution in [3.63, 3.8) is 0 Å². The van der Waals surface area contributed by atoms with Crippen LogP contribution in [0.5, 0.6) is 5.75 Å². The average Bonchev–Trinajstić information content (AvgIpc) is 2.75. The third-order valence-corrected chi connectivity index (χ3v) is 4.67. The summed E-state index contributed by atoms with van der Waals surface area (Å²) < 4.78 is 19.2. The number of nitrogens with zero attached hydrogens (tertiary/aromatic N) is 5. The largest absolute Gasteiger partial charge is 0.497 e. The number of piperazine rings is 1. The van der Waals surface area contributed by atoms with Crippen LogP contribution >= 0.6 is 0 Å². The van der Waals surface area contributed by atoms with Gasteiger partial charge in [-0.3, -0.25) is 0 Å². The highest BCUT2D eigenvalue weighted by molar-refractivity contribution is 5.57. The van der Waals surface area contributed by atoms with Crippen molar-refractivity contribution in [1.29, 1.82) is 0 Å². The Bertz CT molecular complexity index is 945. The van der Waals surface area contributed by atoms with Gasteiger partial charge in [0.15, 0.2) is 5.82 Å². The number of benzene rings is 2. The molecule has 1 N–H and O–H groups in total. The number of anilines is 4. The van der Waals surface area contributed by atoms with Crippen LogP contribution in [0.25, 0.3) is 0 Å². The van der Waals surface area contributed by atoms with Crippen molar-refractivity contribution in [2.24, 2.45) is 0 Å². The molecule has 0 atom stereocenters. The number of halogens is 1. The van der Waals surface area contributed by atoms with Crippen molar-refractivity contribution in [2.75, 3.05) is 48.4 Å². The first-order chi connectivity index (χ1) is 13.7. The molecule has 0 bridgehead atoms. The van der Waals surface area contributed by atoms with E-state index in [1.165, 1.54) is 6.07 Å². The Morgan fingerprint density at radius 3 is 2.57 bits per heavy atom. The first-order valence-corrected chi connectivity index (χ1v) is 9.08. The highest BCUT2D eigenvalue weighted by Crippen LogP contribution is 2.23. The molecular weight excluding hydrogens is 359 g/mol. The summed E-state index contributed by atoms with van der Waals surface area (Å²) in [5.41, 5.74) is 1.46. The van der Waals surface area contributed by atoms with Gasteiger partial charge in [0.2, 0.25) is 5.95 Å². The molecule has 8 heteroatoms. The van der Waals surface area contributed by atoms with Gasteiger partial charge in [-0.2, -0.15) is 10.1 Å². The summed E-state index contributed by atoms with van der Waals surface area (Å²) in [6, 6.07) is 14.4. The zero-order valence-electron chi connectivity index (χ0n) is 15.5. The third kappa shape index (κ3) is 3.95. The number of methoxy groups -OCH3 is 1. The lowest BCUT2D eigenvalue weighted by atomic mass is 10.2. The van der Waals surface area contributed by atoms with Crippen LogP contribution in [0.1, 0.15) is 0 Å². The summed E-state index contributed by atoms with van der Waals surface area (Å²) in [5, 5.41) is 11.3. The standard InChI is InChI=1S/C20H21FN6O/c1-28-16-6-4-5-15(13-16)23-20-24-19(14-22-25-20)27-11-9-26(10-12-27)18-8-3-2-7-17(18)21/h2-8,13-14H,9-12H2,1H3,(H,23,24,25). The van der Waals surface area contributed by atoms with E-state index in [1.54, 1.807) is 19.4 Å². The van der Waals surface area contributed by atoms with E-state index in [9.17, 15) is 4.39 Å². The van der Waals surface area contributed by atoms with Gasteiger partial charge in [-0.1, -0.05) is 18.2 Å². The van der Waals surface area contributed by atoms with E-state index in [0.717, 1.165) is 30.3 Å². The topological polar surface area (TPSA) is 66.4 Å². The Kier molecular flexibility index (Phi) is 5.18. The molecule has 0 aliphatic carbocycles. The van der Waals surface area contributed by atoms with Gasteiger partial charge in [-0.25, -0.2) is 4.39 Å². The quantitative estimate of drug-likeness (QED) is 0.730. The number of hydrogen-bond donors (Lipinski definition) is 1. The lowest BCUT2D eigenvalue weighted by Crippen LogP contribution is -2.47. The minimum atomic E-state index is -0.190. The average molecular weight is 380 g/mol. The normalized spacial score (nSPS) is 14.1. The van der Waals surface area contributed by atoms with Crippen molar-refractivity contribution in [1.82, 2.24) is 15.2 Å². The summed E-state index contributed by atoms with van der Waals surface area (Å²) in [5.74, 6) is 1.72. The summed E-state index contributed by atoms with van der Waals surface area (Å²) >= 11 is 0. The summed E-state index contributed by atoms with van der Waals surface area (Å²) in [4.78, 5) is 8.75. The van der Waals surface area contributed by atoms with Gasteiger partial charge in [0.25, 0.3) is 0 Å². The molecule has 1 aromatic heterocycles. The van der Waals surface area contributed by atoms with Crippen LogP contribution < -0.4 is 19.9 Å².